The smallest absolute Gasteiger partial charge is 0.122 e. The number of aromatic hydroxyl groups is 1. The molecular formula is C17H28O2. The summed E-state index contributed by atoms with van der Waals surface area (Å²) in [5.41, 5.74) is 0. The van der Waals surface area contributed by atoms with Gasteiger partial charge in [-0.1, -0.05) is 52.0 Å². The highest BCUT2D eigenvalue weighted by molar-refractivity contribution is 5.31. The molecule has 1 aromatic rings. The van der Waals surface area contributed by atoms with Crippen LogP contribution in [0.15, 0.2) is 24.3 Å². The Balaban J connectivity index is 2.32. The Labute approximate surface area is 117 Å². The summed E-state index contributed by atoms with van der Waals surface area (Å²) in [6.45, 7) is 5.24. The summed E-state index contributed by atoms with van der Waals surface area (Å²) in [4.78, 5) is 0. The largest absolute Gasteiger partial charge is 0.508 e. The number of rotatable bonds is 10. The third kappa shape index (κ3) is 7.09. The first kappa shape index (κ1) is 15.9. The van der Waals surface area contributed by atoms with Crippen molar-refractivity contribution in [3.8, 4) is 11.5 Å². The lowest BCUT2D eigenvalue weighted by molar-refractivity contribution is 0.226. The van der Waals surface area contributed by atoms with E-state index in [2.05, 4.69) is 13.8 Å². The molecule has 2 nitrogen and oxygen atoms in total. The first-order chi connectivity index (χ1) is 9.26. The van der Waals surface area contributed by atoms with Crippen LogP contribution in [0.3, 0.4) is 0 Å². The minimum atomic E-state index is 0.271. The molecule has 0 heterocycles. The molecule has 0 bridgehead atoms. The Bertz CT molecular complexity index is 336. The quantitative estimate of drug-likeness (QED) is 0.592. The van der Waals surface area contributed by atoms with Gasteiger partial charge in [0.15, 0.2) is 0 Å². The molecule has 0 aliphatic heterocycles. The zero-order valence-corrected chi connectivity index (χ0v) is 12.4. The zero-order valence-electron chi connectivity index (χ0n) is 12.4. The van der Waals surface area contributed by atoms with Crippen molar-refractivity contribution in [3.63, 3.8) is 0 Å². The molecule has 108 valence electrons. The minimum absolute atomic E-state index is 0.271. The van der Waals surface area contributed by atoms with Crippen molar-refractivity contribution in [1.29, 1.82) is 0 Å². The lowest BCUT2D eigenvalue weighted by atomic mass is 9.97. The predicted molar refractivity (Wildman–Crippen MR) is 80.8 cm³/mol. The number of phenols is 1. The van der Waals surface area contributed by atoms with Gasteiger partial charge >= 0.3 is 0 Å². The summed E-state index contributed by atoms with van der Waals surface area (Å²) in [5, 5.41) is 9.40. The zero-order chi connectivity index (χ0) is 13.9. The number of hydrogen-bond acceptors (Lipinski definition) is 2. The second kappa shape index (κ2) is 9.71. The molecule has 0 saturated heterocycles. The average Bonchev–Trinajstić information content (AvgIpc) is 2.41. The van der Waals surface area contributed by atoms with E-state index in [0.29, 0.717) is 5.92 Å². The number of hydrogen-bond donors (Lipinski definition) is 1. The highest BCUT2D eigenvalue weighted by atomic mass is 16.5. The Kier molecular flexibility index (Phi) is 8.11. The molecule has 2 heteroatoms. The van der Waals surface area contributed by atoms with Crippen molar-refractivity contribution in [2.75, 3.05) is 6.61 Å². The molecule has 0 spiro atoms. The maximum atomic E-state index is 9.40. The SMILES string of the molecule is CCCCCCC(CCC)COc1cccc(O)c1. The van der Waals surface area contributed by atoms with E-state index in [0.717, 1.165) is 12.4 Å². The van der Waals surface area contributed by atoms with Crippen molar-refractivity contribution >= 4 is 0 Å². The normalized spacial score (nSPS) is 12.3. The summed E-state index contributed by atoms with van der Waals surface area (Å²) in [5.74, 6) is 1.69. The highest BCUT2D eigenvalue weighted by Crippen LogP contribution is 2.21. The lowest BCUT2D eigenvalue weighted by Gasteiger charge is -2.17. The molecule has 1 rings (SSSR count). The van der Waals surface area contributed by atoms with Gasteiger partial charge in [0.05, 0.1) is 6.61 Å². The van der Waals surface area contributed by atoms with Crippen molar-refractivity contribution in [2.24, 2.45) is 5.92 Å². The van der Waals surface area contributed by atoms with Crippen LogP contribution in [0, 0.1) is 5.92 Å². The minimum Gasteiger partial charge on any atom is -0.508 e. The monoisotopic (exact) mass is 264 g/mol. The van der Waals surface area contributed by atoms with Gasteiger partial charge in [0.2, 0.25) is 0 Å². The molecule has 1 unspecified atom stereocenters. The molecule has 0 saturated carbocycles. The van der Waals surface area contributed by atoms with Gasteiger partial charge in [0.25, 0.3) is 0 Å². The third-order valence-electron chi connectivity index (χ3n) is 3.47. The fraction of sp³-hybridized carbons (Fsp3) is 0.647. The van der Waals surface area contributed by atoms with Crippen LogP contribution in [-0.4, -0.2) is 11.7 Å². The van der Waals surface area contributed by atoms with Gasteiger partial charge in [-0.2, -0.15) is 0 Å². The second-order valence-corrected chi connectivity index (χ2v) is 5.31. The van der Waals surface area contributed by atoms with Crippen LogP contribution in [0.25, 0.3) is 0 Å². The van der Waals surface area contributed by atoms with Gasteiger partial charge in [0.1, 0.15) is 11.5 Å². The average molecular weight is 264 g/mol. The Morgan fingerprint density at radius 3 is 2.58 bits per heavy atom. The summed E-state index contributed by atoms with van der Waals surface area (Å²) < 4.78 is 5.80. The van der Waals surface area contributed by atoms with Crippen LogP contribution in [0.2, 0.25) is 0 Å². The molecule has 0 aromatic heterocycles. The first-order valence-corrected chi connectivity index (χ1v) is 7.68. The van der Waals surface area contributed by atoms with Crippen LogP contribution >= 0.6 is 0 Å². The first-order valence-electron chi connectivity index (χ1n) is 7.68. The maximum absolute atomic E-state index is 9.40. The second-order valence-electron chi connectivity index (χ2n) is 5.31. The number of phenolic OH excluding ortho intramolecular Hbond substituents is 1. The van der Waals surface area contributed by atoms with E-state index in [1.165, 1.54) is 44.9 Å². The molecule has 19 heavy (non-hydrogen) atoms. The van der Waals surface area contributed by atoms with E-state index in [4.69, 9.17) is 4.74 Å². The van der Waals surface area contributed by atoms with Gasteiger partial charge in [-0.25, -0.2) is 0 Å². The van der Waals surface area contributed by atoms with Crippen molar-refractivity contribution in [2.45, 2.75) is 58.8 Å². The summed E-state index contributed by atoms with van der Waals surface area (Å²) >= 11 is 0. The summed E-state index contributed by atoms with van der Waals surface area (Å²) in [6, 6.07) is 7.07. The van der Waals surface area contributed by atoms with E-state index < -0.39 is 0 Å². The van der Waals surface area contributed by atoms with E-state index >= 15 is 0 Å². The Hall–Kier alpha value is -1.18. The maximum Gasteiger partial charge on any atom is 0.122 e. The van der Waals surface area contributed by atoms with Crippen molar-refractivity contribution in [1.82, 2.24) is 0 Å². The number of unbranched alkanes of at least 4 members (excludes halogenated alkanes) is 3. The molecular weight excluding hydrogens is 236 g/mol. The molecule has 1 N–H and O–H groups in total. The number of ether oxygens (including phenoxy) is 1. The molecule has 1 atom stereocenters. The van der Waals surface area contributed by atoms with Gasteiger partial charge in [-0.3, -0.25) is 0 Å². The fourth-order valence-corrected chi connectivity index (χ4v) is 2.37. The predicted octanol–water partition coefficient (Wildman–Crippen LogP) is 5.16. The molecule has 0 fully saturated rings. The molecule has 0 amide bonds. The third-order valence-corrected chi connectivity index (χ3v) is 3.47. The van der Waals surface area contributed by atoms with Crippen LogP contribution in [0.1, 0.15) is 58.8 Å². The molecule has 0 aliphatic rings. The van der Waals surface area contributed by atoms with Gasteiger partial charge < -0.3 is 9.84 Å². The number of benzene rings is 1. The van der Waals surface area contributed by atoms with Gasteiger partial charge in [0, 0.05) is 6.07 Å². The molecule has 0 aliphatic carbocycles. The summed E-state index contributed by atoms with van der Waals surface area (Å²) in [7, 11) is 0. The summed E-state index contributed by atoms with van der Waals surface area (Å²) in [6.07, 6.45) is 8.97. The van der Waals surface area contributed by atoms with E-state index in [1.54, 1.807) is 12.1 Å². The Morgan fingerprint density at radius 2 is 1.89 bits per heavy atom. The standard InChI is InChI=1S/C17H28O2/c1-3-5-6-7-10-15(9-4-2)14-19-17-12-8-11-16(18)13-17/h8,11-13,15,18H,3-7,9-10,14H2,1-2H3. The van der Waals surface area contributed by atoms with Crippen LogP contribution < -0.4 is 4.74 Å². The van der Waals surface area contributed by atoms with E-state index in [1.807, 2.05) is 12.1 Å². The van der Waals surface area contributed by atoms with Gasteiger partial charge in [-0.05, 0) is 30.9 Å². The Morgan fingerprint density at radius 1 is 1.05 bits per heavy atom. The van der Waals surface area contributed by atoms with Crippen LogP contribution in [0.4, 0.5) is 0 Å². The van der Waals surface area contributed by atoms with Crippen molar-refractivity contribution < 1.29 is 9.84 Å². The topological polar surface area (TPSA) is 29.5 Å². The van der Waals surface area contributed by atoms with E-state index in [-0.39, 0.29) is 5.75 Å². The van der Waals surface area contributed by atoms with E-state index in [9.17, 15) is 5.11 Å². The van der Waals surface area contributed by atoms with Gasteiger partial charge in [-0.15, -0.1) is 0 Å². The molecule has 1 aromatic carbocycles. The van der Waals surface area contributed by atoms with Crippen molar-refractivity contribution in [3.05, 3.63) is 24.3 Å². The van der Waals surface area contributed by atoms with Crippen LogP contribution in [0.5, 0.6) is 11.5 Å². The highest BCUT2D eigenvalue weighted by Gasteiger charge is 2.09. The molecule has 0 radical (unpaired) electrons. The fourth-order valence-electron chi connectivity index (χ4n) is 2.37. The lowest BCUT2D eigenvalue weighted by Crippen LogP contribution is -2.12. The van der Waals surface area contributed by atoms with Crippen LogP contribution in [-0.2, 0) is 0 Å².